The summed E-state index contributed by atoms with van der Waals surface area (Å²) in [7, 11) is 0. The van der Waals surface area contributed by atoms with Gasteiger partial charge < -0.3 is 4.90 Å². The molecule has 0 spiro atoms. The van der Waals surface area contributed by atoms with E-state index in [1.54, 1.807) is 40.8 Å². The molecular weight excluding hydrogens is 388 g/mol. The number of benzene rings is 2. The van der Waals surface area contributed by atoms with E-state index in [0.717, 1.165) is 31.6 Å². The Bertz CT molecular complexity index is 1020. The zero-order valence-electron chi connectivity index (χ0n) is 16.8. The summed E-state index contributed by atoms with van der Waals surface area (Å²) in [6.45, 7) is 5.27. The second-order valence-electron chi connectivity index (χ2n) is 7.42. The van der Waals surface area contributed by atoms with Crippen LogP contribution in [0.15, 0.2) is 48.5 Å². The molecule has 0 bridgehead atoms. The van der Waals surface area contributed by atoms with Gasteiger partial charge in [0.05, 0.1) is 5.69 Å². The lowest BCUT2D eigenvalue weighted by Crippen LogP contribution is -2.35. The SMILES string of the molecule is Cc1nc(C(=O)N2CCCN(Cc3ccc(F)cc3)CC2)nn1-c1ccc(F)cc1. The third-order valence-electron chi connectivity index (χ3n) is 5.23. The maximum atomic E-state index is 13.2. The van der Waals surface area contributed by atoms with Gasteiger partial charge in [-0.3, -0.25) is 9.69 Å². The van der Waals surface area contributed by atoms with Crippen LogP contribution in [0.25, 0.3) is 5.69 Å². The Labute approximate surface area is 173 Å². The minimum absolute atomic E-state index is 0.142. The van der Waals surface area contributed by atoms with Crippen LogP contribution in [0.5, 0.6) is 0 Å². The van der Waals surface area contributed by atoms with Crippen molar-refractivity contribution in [2.45, 2.75) is 19.9 Å². The molecule has 1 aromatic heterocycles. The van der Waals surface area contributed by atoms with Crippen molar-refractivity contribution in [1.29, 1.82) is 0 Å². The van der Waals surface area contributed by atoms with Gasteiger partial charge in [0.15, 0.2) is 0 Å². The molecule has 0 unspecified atom stereocenters. The maximum absolute atomic E-state index is 13.2. The number of hydrogen-bond acceptors (Lipinski definition) is 4. The minimum atomic E-state index is -0.331. The van der Waals surface area contributed by atoms with E-state index in [1.807, 2.05) is 0 Å². The van der Waals surface area contributed by atoms with Gasteiger partial charge in [-0.1, -0.05) is 12.1 Å². The Kier molecular flexibility index (Phi) is 5.85. The summed E-state index contributed by atoms with van der Waals surface area (Å²) in [6, 6.07) is 12.4. The Morgan fingerprint density at radius 2 is 1.60 bits per heavy atom. The van der Waals surface area contributed by atoms with Crippen LogP contribution in [0.1, 0.15) is 28.4 Å². The monoisotopic (exact) mass is 411 g/mol. The molecular formula is C22H23F2N5O. The Balaban J connectivity index is 1.42. The minimum Gasteiger partial charge on any atom is -0.335 e. The van der Waals surface area contributed by atoms with Crippen LogP contribution < -0.4 is 0 Å². The van der Waals surface area contributed by atoms with Gasteiger partial charge in [-0.2, -0.15) is 0 Å². The van der Waals surface area contributed by atoms with Crippen molar-refractivity contribution in [3.63, 3.8) is 0 Å². The number of carbonyl (C=O) groups excluding carboxylic acids is 1. The first-order valence-electron chi connectivity index (χ1n) is 9.95. The number of aryl methyl sites for hydroxylation is 1. The number of amides is 1. The molecule has 2 heterocycles. The summed E-state index contributed by atoms with van der Waals surface area (Å²) in [6.07, 6.45) is 0.838. The number of nitrogens with zero attached hydrogens (tertiary/aromatic N) is 5. The van der Waals surface area contributed by atoms with E-state index in [0.29, 0.717) is 24.6 Å². The highest BCUT2D eigenvalue weighted by Gasteiger charge is 2.24. The summed E-state index contributed by atoms with van der Waals surface area (Å²) in [4.78, 5) is 21.3. The standard InChI is InChI=1S/C22H23F2N5O/c1-16-25-21(26-29(16)20-9-7-19(24)8-10-20)22(30)28-12-2-11-27(13-14-28)15-17-3-5-18(23)6-4-17/h3-10H,2,11-15H2,1H3. The maximum Gasteiger partial charge on any atom is 0.293 e. The predicted molar refractivity (Wildman–Crippen MR) is 108 cm³/mol. The fourth-order valence-corrected chi connectivity index (χ4v) is 3.63. The number of halogens is 2. The molecule has 0 N–H and O–H groups in total. The highest BCUT2D eigenvalue weighted by atomic mass is 19.1. The average molecular weight is 411 g/mol. The van der Waals surface area contributed by atoms with E-state index < -0.39 is 0 Å². The molecule has 3 aromatic rings. The largest absolute Gasteiger partial charge is 0.335 e. The molecule has 1 saturated heterocycles. The summed E-state index contributed by atoms with van der Waals surface area (Å²) in [5.41, 5.74) is 1.70. The van der Waals surface area contributed by atoms with Crippen LogP contribution in [0.3, 0.4) is 0 Å². The van der Waals surface area contributed by atoms with Crippen LogP contribution in [-0.4, -0.2) is 56.7 Å². The van der Waals surface area contributed by atoms with Gasteiger partial charge in [0.2, 0.25) is 5.82 Å². The fraction of sp³-hybridized carbons (Fsp3) is 0.318. The highest BCUT2D eigenvalue weighted by Crippen LogP contribution is 2.14. The Morgan fingerprint density at radius 1 is 0.933 bits per heavy atom. The summed E-state index contributed by atoms with van der Waals surface area (Å²) >= 11 is 0. The van der Waals surface area contributed by atoms with E-state index in [1.165, 1.54) is 24.3 Å². The van der Waals surface area contributed by atoms with Gasteiger partial charge in [0.25, 0.3) is 5.91 Å². The number of aromatic nitrogens is 3. The van der Waals surface area contributed by atoms with Crippen molar-refractivity contribution in [2.75, 3.05) is 26.2 Å². The lowest BCUT2D eigenvalue weighted by molar-refractivity contribution is 0.0749. The van der Waals surface area contributed by atoms with Crippen LogP contribution in [0, 0.1) is 18.6 Å². The molecule has 0 atom stereocenters. The summed E-state index contributed by atoms with van der Waals surface area (Å²) < 4.78 is 27.8. The third-order valence-corrected chi connectivity index (χ3v) is 5.23. The van der Waals surface area contributed by atoms with Gasteiger partial charge in [-0.15, -0.1) is 5.10 Å². The normalized spacial score (nSPS) is 15.2. The first-order valence-corrected chi connectivity index (χ1v) is 9.95. The number of hydrogen-bond donors (Lipinski definition) is 0. The Hall–Kier alpha value is -3.13. The first kappa shape index (κ1) is 20.2. The molecule has 0 radical (unpaired) electrons. The second kappa shape index (κ2) is 8.71. The van der Waals surface area contributed by atoms with Crippen molar-refractivity contribution < 1.29 is 13.6 Å². The van der Waals surface area contributed by atoms with Gasteiger partial charge in [-0.05, 0) is 55.3 Å². The van der Waals surface area contributed by atoms with Gasteiger partial charge in [0, 0.05) is 32.7 Å². The lowest BCUT2D eigenvalue weighted by atomic mass is 10.2. The number of carbonyl (C=O) groups is 1. The second-order valence-corrected chi connectivity index (χ2v) is 7.42. The van der Waals surface area contributed by atoms with Crippen LogP contribution >= 0.6 is 0 Å². The molecule has 0 saturated carbocycles. The van der Waals surface area contributed by atoms with Crippen molar-refractivity contribution in [3.8, 4) is 5.69 Å². The van der Waals surface area contributed by atoms with Crippen LogP contribution in [0.4, 0.5) is 8.78 Å². The molecule has 156 valence electrons. The summed E-state index contributed by atoms with van der Waals surface area (Å²) in [5, 5.41) is 4.35. The van der Waals surface area contributed by atoms with Crippen LogP contribution in [0.2, 0.25) is 0 Å². The zero-order chi connectivity index (χ0) is 21.1. The molecule has 1 aliphatic rings. The van der Waals surface area contributed by atoms with Crippen molar-refractivity contribution in [2.24, 2.45) is 0 Å². The van der Waals surface area contributed by atoms with Crippen molar-refractivity contribution in [1.82, 2.24) is 24.6 Å². The Morgan fingerprint density at radius 3 is 2.30 bits per heavy atom. The van der Waals surface area contributed by atoms with E-state index >= 15 is 0 Å². The quantitative estimate of drug-likeness (QED) is 0.662. The zero-order valence-corrected chi connectivity index (χ0v) is 16.8. The predicted octanol–water partition coefficient (Wildman–Crippen LogP) is 3.20. The molecule has 1 amide bonds. The van der Waals surface area contributed by atoms with Crippen molar-refractivity contribution in [3.05, 3.63) is 77.4 Å². The van der Waals surface area contributed by atoms with Crippen molar-refractivity contribution >= 4 is 5.91 Å². The van der Waals surface area contributed by atoms with E-state index in [4.69, 9.17) is 0 Å². The molecule has 2 aromatic carbocycles. The molecule has 1 fully saturated rings. The smallest absolute Gasteiger partial charge is 0.293 e. The van der Waals surface area contributed by atoms with Gasteiger partial charge in [0.1, 0.15) is 17.5 Å². The topological polar surface area (TPSA) is 54.3 Å². The summed E-state index contributed by atoms with van der Waals surface area (Å²) in [5.74, 6) is -0.0686. The number of rotatable bonds is 4. The van der Waals surface area contributed by atoms with E-state index in [9.17, 15) is 13.6 Å². The lowest BCUT2D eigenvalue weighted by Gasteiger charge is -2.21. The molecule has 0 aliphatic carbocycles. The third kappa shape index (κ3) is 4.54. The van der Waals surface area contributed by atoms with Gasteiger partial charge >= 0.3 is 0 Å². The van der Waals surface area contributed by atoms with E-state index in [-0.39, 0.29) is 23.4 Å². The molecule has 4 rings (SSSR count). The van der Waals surface area contributed by atoms with Crippen LogP contribution in [-0.2, 0) is 6.54 Å². The highest BCUT2D eigenvalue weighted by molar-refractivity contribution is 5.90. The molecule has 1 aliphatic heterocycles. The molecule has 30 heavy (non-hydrogen) atoms. The average Bonchev–Trinajstić information content (AvgIpc) is 2.98. The molecule has 8 heteroatoms. The first-order chi connectivity index (χ1) is 14.5. The van der Waals surface area contributed by atoms with Gasteiger partial charge in [-0.25, -0.2) is 18.4 Å². The van der Waals surface area contributed by atoms with E-state index in [2.05, 4.69) is 15.0 Å². The fourth-order valence-electron chi connectivity index (χ4n) is 3.63. The molecule has 6 nitrogen and oxygen atoms in total.